The van der Waals surface area contributed by atoms with E-state index in [9.17, 15) is 9.18 Å². The molecule has 1 saturated heterocycles. The highest BCUT2D eigenvalue weighted by Gasteiger charge is 2.27. The van der Waals surface area contributed by atoms with Crippen molar-refractivity contribution in [3.8, 4) is 11.4 Å². The van der Waals surface area contributed by atoms with Gasteiger partial charge in [0, 0.05) is 25.6 Å². The first kappa shape index (κ1) is 17.4. The van der Waals surface area contributed by atoms with Crippen molar-refractivity contribution in [2.75, 3.05) is 13.1 Å². The molecule has 0 bridgehead atoms. The van der Waals surface area contributed by atoms with Crippen LogP contribution in [0.5, 0.6) is 0 Å². The quantitative estimate of drug-likeness (QED) is 0.701. The summed E-state index contributed by atoms with van der Waals surface area (Å²) in [5.74, 6) is 0.981. The summed E-state index contributed by atoms with van der Waals surface area (Å²) in [7, 11) is 0. The lowest BCUT2D eigenvalue weighted by Crippen LogP contribution is -2.40. The molecule has 1 aromatic carbocycles. The van der Waals surface area contributed by atoms with Gasteiger partial charge in [0.25, 0.3) is 5.91 Å². The highest BCUT2D eigenvalue weighted by atomic mass is 19.1. The van der Waals surface area contributed by atoms with E-state index in [1.54, 1.807) is 36.1 Å². The Bertz CT molecular complexity index is 952. The monoisotopic (exact) mass is 370 g/mol. The topological polar surface area (TPSA) is 85.3 Å². The standard InChI is InChI=1S/C19H19FN4O3/c1-12-9-16(22-26-12)19(25)24-8-4-5-13(11-24)10-17-21-18(23-27-17)14-6-2-3-7-15(14)20/h2-3,6-7,9,13H,4-5,8,10-11H2,1H3/t13-/m0/s1. The number of hydrogen-bond donors (Lipinski definition) is 0. The molecule has 7 nitrogen and oxygen atoms in total. The molecule has 0 unspecified atom stereocenters. The van der Waals surface area contributed by atoms with Crippen LogP contribution in [0.1, 0.15) is 35.0 Å². The predicted octanol–water partition coefficient (Wildman–Crippen LogP) is 3.27. The molecule has 0 N–H and O–H groups in total. The molecule has 1 fully saturated rings. The van der Waals surface area contributed by atoms with E-state index in [2.05, 4.69) is 15.3 Å². The number of carbonyl (C=O) groups excluding carboxylic acids is 1. The van der Waals surface area contributed by atoms with Crippen molar-refractivity contribution in [2.24, 2.45) is 5.92 Å². The van der Waals surface area contributed by atoms with E-state index in [1.165, 1.54) is 6.07 Å². The van der Waals surface area contributed by atoms with Crippen LogP contribution < -0.4 is 0 Å². The number of rotatable bonds is 4. The maximum atomic E-state index is 13.9. The van der Waals surface area contributed by atoms with Crippen LogP contribution >= 0.6 is 0 Å². The van der Waals surface area contributed by atoms with Gasteiger partial charge in [0.15, 0.2) is 5.69 Å². The Morgan fingerprint density at radius 2 is 2.15 bits per heavy atom. The second-order valence-electron chi connectivity index (χ2n) is 6.78. The molecule has 0 saturated carbocycles. The van der Waals surface area contributed by atoms with Gasteiger partial charge in [-0.3, -0.25) is 4.79 Å². The molecular formula is C19H19FN4O3. The van der Waals surface area contributed by atoms with Crippen molar-refractivity contribution in [2.45, 2.75) is 26.2 Å². The van der Waals surface area contributed by atoms with Gasteiger partial charge in [-0.25, -0.2) is 4.39 Å². The van der Waals surface area contributed by atoms with Crippen molar-refractivity contribution in [3.05, 3.63) is 53.5 Å². The minimum atomic E-state index is -0.387. The minimum absolute atomic E-state index is 0.130. The Morgan fingerprint density at radius 3 is 2.93 bits per heavy atom. The lowest BCUT2D eigenvalue weighted by molar-refractivity contribution is 0.0657. The van der Waals surface area contributed by atoms with Gasteiger partial charge in [-0.1, -0.05) is 22.4 Å². The number of amides is 1. The molecule has 0 spiro atoms. The zero-order valence-corrected chi connectivity index (χ0v) is 14.9. The molecule has 8 heteroatoms. The molecule has 27 heavy (non-hydrogen) atoms. The summed E-state index contributed by atoms with van der Waals surface area (Å²) in [4.78, 5) is 18.6. The number of piperidine rings is 1. The van der Waals surface area contributed by atoms with Crippen LogP contribution in [0.2, 0.25) is 0 Å². The van der Waals surface area contributed by atoms with Gasteiger partial charge in [-0.2, -0.15) is 4.98 Å². The van der Waals surface area contributed by atoms with E-state index in [1.807, 2.05) is 0 Å². The number of benzene rings is 1. The van der Waals surface area contributed by atoms with Crippen molar-refractivity contribution < 1.29 is 18.2 Å². The molecule has 3 heterocycles. The molecule has 2 aromatic heterocycles. The summed E-state index contributed by atoms with van der Waals surface area (Å²) >= 11 is 0. The van der Waals surface area contributed by atoms with Gasteiger partial charge in [-0.15, -0.1) is 0 Å². The smallest absolute Gasteiger partial charge is 0.276 e. The van der Waals surface area contributed by atoms with Crippen molar-refractivity contribution in [1.29, 1.82) is 0 Å². The first-order valence-electron chi connectivity index (χ1n) is 8.90. The number of carbonyl (C=O) groups is 1. The molecule has 140 valence electrons. The van der Waals surface area contributed by atoms with E-state index < -0.39 is 0 Å². The second kappa shape index (κ2) is 7.30. The van der Waals surface area contributed by atoms with Crippen molar-refractivity contribution >= 4 is 5.91 Å². The van der Waals surface area contributed by atoms with Crippen LogP contribution in [0.4, 0.5) is 4.39 Å². The molecule has 1 amide bonds. The second-order valence-corrected chi connectivity index (χ2v) is 6.78. The SMILES string of the molecule is Cc1cc(C(=O)N2CCC[C@@H](Cc3nc(-c4ccccc4F)no3)C2)no1. The molecule has 0 aliphatic carbocycles. The summed E-state index contributed by atoms with van der Waals surface area (Å²) in [6, 6.07) is 7.96. The third-order valence-corrected chi connectivity index (χ3v) is 4.70. The average Bonchev–Trinajstić information content (AvgIpc) is 3.31. The average molecular weight is 370 g/mol. The van der Waals surface area contributed by atoms with Gasteiger partial charge < -0.3 is 13.9 Å². The molecule has 4 rings (SSSR count). The van der Waals surface area contributed by atoms with Crippen LogP contribution in [0, 0.1) is 18.7 Å². The van der Waals surface area contributed by atoms with Gasteiger partial charge in [0.05, 0.1) is 5.56 Å². The fraction of sp³-hybridized carbons (Fsp3) is 0.368. The van der Waals surface area contributed by atoms with E-state index in [-0.39, 0.29) is 23.5 Å². The van der Waals surface area contributed by atoms with Crippen molar-refractivity contribution in [1.82, 2.24) is 20.2 Å². The normalized spacial score (nSPS) is 17.3. The highest BCUT2D eigenvalue weighted by Crippen LogP contribution is 2.24. The fourth-order valence-electron chi connectivity index (χ4n) is 3.38. The Kier molecular flexibility index (Phi) is 4.70. The number of aryl methyl sites for hydroxylation is 1. The van der Waals surface area contributed by atoms with E-state index in [0.29, 0.717) is 42.4 Å². The van der Waals surface area contributed by atoms with Crippen LogP contribution in [0.15, 0.2) is 39.4 Å². The summed E-state index contributed by atoms with van der Waals surface area (Å²) < 4.78 is 24.2. The summed E-state index contributed by atoms with van der Waals surface area (Å²) in [5, 5.41) is 7.69. The zero-order valence-electron chi connectivity index (χ0n) is 14.9. The maximum Gasteiger partial charge on any atom is 0.276 e. The Hall–Kier alpha value is -3.03. The lowest BCUT2D eigenvalue weighted by Gasteiger charge is -2.31. The van der Waals surface area contributed by atoms with Crippen LogP contribution in [-0.4, -0.2) is 39.2 Å². The number of nitrogens with zero attached hydrogens (tertiary/aromatic N) is 4. The Morgan fingerprint density at radius 1 is 1.30 bits per heavy atom. The minimum Gasteiger partial charge on any atom is -0.361 e. The molecule has 3 aromatic rings. The highest BCUT2D eigenvalue weighted by molar-refractivity contribution is 5.92. The lowest BCUT2D eigenvalue weighted by atomic mass is 9.94. The van der Waals surface area contributed by atoms with Gasteiger partial charge in [0.1, 0.15) is 11.6 Å². The molecule has 1 aliphatic heterocycles. The molecule has 1 atom stereocenters. The zero-order chi connectivity index (χ0) is 18.8. The Balaban J connectivity index is 1.43. The number of likely N-dealkylation sites (tertiary alicyclic amines) is 1. The fourth-order valence-corrected chi connectivity index (χ4v) is 3.38. The third-order valence-electron chi connectivity index (χ3n) is 4.70. The number of halogens is 1. The van der Waals surface area contributed by atoms with E-state index in [4.69, 9.17) is 9.05 Å². The van der Waals surface area contributed by atoms with Gasteiger partial charge >= 0.3 is 0 Å². The third kappa shape index (κ3) is 3.74. The summed E-state index contributed by atoms with van der Waals surface area (Å²) in [5.41, 5.74) is 0.641. The van der Waals surface area contributed by atoms with Crippen molar-refractivity contribution in [3.63, 3.8) is 0 Å². The predicted molar refractivity (Wildman–Crippen MR) is 93.3 cm³/mol. The maximum absolute atomic E-state index is 13.9. The van der Waals surface area contributed by atoms with Gasteiger partial charge in [-0.05, 0) is 37.8 Å². The summed E-state index contributed by atoms with van der Waals surface area (Å²) in [6.07, 6.45) is 2.39. The van der Waals surface area contributed by atoms with E-state index >= 15 is 0 Å². The first-order chi connectivity index (χ1) is 13.1. The first-order valence-corrected chi connectivity index (χ1v) is 8.90. The number of aromatic nitrogens is 3. The molecule has 0 radical (unpaired) electrons. The van der Waals surface area contributed by atoms with Crippen LogP contribution in [0.25, 0.3) is 11.4 Å². The van der Waals surface area contributed by atoms with Crippen LogP contribution in [0.3, 0.4) is 0 Å². The van der Waals surface area contributed by atoms with E-state index in [0.717, 1.165) is 12.8 Å². The molecular weight excluding hydrogens is 351 g/mol. The summed E-state index contributed by atoms with van der Waals surface area (Å²) in [6.45, 7) is 3.03. The number of hydrogen-bond acceptors (Lipinski definition) is 6. The van der Waals surface area contributed by atoms with Crippen LogP contribution in [-0.2, 0) is 6.42 Å². The largest absolute Gasteiger partial charge is 0.361 e. The molecule has 1 aliphatic rings. The van der Waals surface area contributed by atoms with Gasteiger partial charge in [0.2, 0.25) is 11.7 Å². The Labute approximate surface area is 155 Å².